The van der Waals surface area contributed by atoms with E-state index in [-0.39, 0.29) is 30.4 Å². The van der Waals surface area contributed by atoms with Gasteiger partial charge in [0.2, 0.25) is 0 Å². The highest BCUT2D eigenvalue weighted by Crippen LogP contribution is 2.17. The number of nitrogens with zero attached hydrogens (tertiary/aromatic N) is 4. The van der Waals surface area contributed by atoms with Crippen LogP contribution < -0.4 is 11.3 Å². The second-order valence-corrected chi connectivity index (χ2v) is 8.47. The molecule has 0 radical (unpaired) electrons. The number of hydrogen-bond donors (Lipinski definition) is 1. The average Bonchev–Trinajstić information content (AvgIpc) is 3.20. The standard InChI is InChI=1S/C24H23Cl2N5O2.ClH/c25-19-9-7-18(8-10-19)23(32)29(13-4-12-27)16-21-28-31-14-11-20(26)22(31)24(33)30(21)15-17-5-2-1-3-6-17;/h1-3,5-11,14H,4,12-13,15-16,27H2;1H. The Balaban J connectivity index is 0.00000324. The molecular formula is C24H24Cl3N5O2. The first-order valence-corrected chi connectivity index (χ1v) is 11.3. The molecule has 10 heteroatoms. The smallest absolute Gasteiger partial charge is 0.279 e. The van der Waals surface area contributed by atoms with Gasteiger partial charge in [-0.3, -0.25) is 14.2 Å². The summed E-state index contributed by atoms with van der Waals surface area (Å²) in [5, 5.41) is 5.52. The predicted octanol–water partition coefficient (Wildman–Crippen LogP) is 4.26. The average molecular weight is 521 g/mol. The summed E-state index contributed by atoms with van der Waals surface area (Å²) in [5.41, 5.74) is 7.19. The molecular weight excluding hydrogens is 497 g/mol. The predicted molar refractivity (Wildman–Crippen MR) is 137 cm³/mol. The highest BCUT2D eigenvalue weighted by Gasteiger charge is 2.21. The number of nitrogens with two attached hydrogens (primary N) is 1. The van der Waals surface area contributed by atoms with Gasteiger partial charge in [-0.25, -0.2) is 4.52 Å². The molecule has 2 aromatic heterocycles. The normalized spacial score (nSPS) is 10.8. The van der Waals surface area contributed by atoms with E-state index in [2.05, 4.69) is 5.10 Å². The van der Waals surface area contributed by atoms with Crippen LogP contribution in [0.5, 0.6) is 0 Å². The van der Waals surface area contributed by atoms with E-state index in [1.54, 1.807) is 46.0 Å². The van der Waals surface area contributed by atoms with Gasteiger partial charge in [-0.1, -0.05) is 53.5 Å². The van der Waals surface area contributed by atoms with Crippen LogP contribution in [0, 0.1) is 0 Å². The van der Waals surface area contributed by atoms with Gasteiger partial charge in [-0.05, 0) is 48.9 Å². The third-order valence-electron chi connectivity index (χ3n) is 5.33. The minimum Gasteiger partial charge on any atom is -0.331 e. The molecule has 34 heavy (non-hydrogen) atoms. The monoisotopic (exact) mass is 519 g/mol. The van der Waals surface area contributed by atoms with Crippen LogP contribution in [0.4, 0.5) is 0 Å². The zero-order valence-electron chi connectivity index (χ0n) is 18.2. The Kier molecular flexibility index (Phi) is 8.74. The molecule has 0 aliphatic heterocycles. The van der Waals surface area contributed by atoms with Gasteiger partial charge < -0.3 is 10.6 Å². The summed E-state index contributed by atoms with van der Waals surface area (Å²) in [6.07, 6.45) is 2.25. The fourth-order valence-electron chi connectivity index (χ4n) is 3.63. The lowest BCUT2D eigenvalue weighted by Crippen LogP contribution is -2.37. The molecule has 0 unspecified atom stereocenters. The van der Waals surface area contributed by atoms with Crippen molar-refractivity contribution in [2.75, 3.05) is 13.1 Å². The Morgan fingerprint density at radius 3 is 2.41 bits per heavy atom. The maximum Gasteiger partial charge on any atom is 0.279 e. The molecule has 4 aromatic rings. The molecule has 0 aliphatic rings. The van der Waals surface area contributed by atoms with E-state index in [9.17, 15) is 9.59 Å². The minimum absolute atomic E-state index is 0. The first kappa shape index (κ1) is 25.8. The third kappa shape index (κ3) is 5.62. The number of halogens is 3. The summed E-state index contributed by atoms with van der Waals surface area (Å²) in [6.45, 7) is 1.29. The van der Waals surface area contributed by atoms with Crippen LogP contribution >= 0.6 is 35.6 Å². The topological polar surface area (TPSA) is 85.6 Å². The molecule has 0 aliphatic carbocycles. The summed E-state index contributed by atoms with van der Waals surface area (Å²) in [6, 6.07) is 17.9. The SMILES string of the molecule is Cl.NCCCN(Cc1nn2ccc(Cl)c2c(=O)n1Cc1ccccc1)C(=O)c1ccc(Cl)cc1. The number of fused-ring (bicyclic) bond motifs is 1. The third-order valence-corrected chi connectivity index (χ3v) is 5.88. The van der Waals surface area contributed by atoms with E-state index in [0.29, 0.717) is 53.0 Å². The summed E-state index contributed by atoms with van der Waals surface area (Å²) in [7, 11) is 0. The lowest BCUT2D eigenvalue weighted by Gasteiger charge is -2.24. The van der Waals surface area contributed by atoms with Gasteiger partial charge in [0, 0.05) is 23.3 Å². The highest BCUT2D eigenvalue weighted by molar-refractivity contribution is 6.33. The van der Waals surface area contributed by atoms with Crippen molar-refractivity contribution in [3.8, 4) is 0 Å². The molecule has 0 fully saturated rings. The van der Waals surface area contributed by atoms with Gasteiger partial charge >= 0.3 is 0 Å². The number of rotatable bonds is 8. The molecule has 2 heterocycles. The van der Waals surface area contributed by atoms with Gasteiger partial charge in [0.25, 0.3) is 11.5 Å². The number of carbonyl (C=O) groups excluding carboxylic acids is 1. The summed E-state index contributed by atoms with van der Waals surface area (Å²) >= 11 is 12.2. The zero-order chi connectivity index (χ0) is 23.4. The molecule has 0 spiro atoms. The number of amides is 1. The van der Waals surface area contributed by atoms with Gasteiger partial charge in [0.05, 0.1) is 18.1 Å². The number of aromatic nitrogens is 3. The summed E-state index contributed by atoms with van der Waals surface area (Å²) in [4.78, 5) is 28.3. The van der Waals surface area contributed by atoms with Crippen molar-refractivity contribution >= 4 is 47.0 Å². The van der Waals surface area contributed by atoms with E-state index >= 15 is 0 Å². The van der Waals surface area contributed by atoms with Gasteiger partial charge in [0.1, 0.15) is 5.52 Å². The maximum atomic E-state index is 13.4. The number of benzene rings is 2. The fraction of sp³-hybridized carbons (Fsp3) is 0.208. The highest BCUT2D eigenvalue weighted by atomic mass is 35.5. The molecule has 7 nitrogen and oxygen atoms in total. The van der Waals surface area contributed by atoms with Crippen LogP contribution in [0.3, 0.4) is 0 Å². The lowest BCUT2D eigenvalue weighted by atomic mass is 10.2. The molecule has 0 bridgehead atoms. The van der Waals surface area contributed by atoms with Gasteiger partial charge in [-0.2, -0.15) is 5.10 Å². The van der Waals surface area contributed by atoms with Crippen LogP contribution in [0.1, 0.15) is 28.2 Å². The van der Waals surface area contributed by atoms with Crippen molar-refractivity contribution in [3.05, 3.63) is 104 Å². The molecule has 178 valence electrons. The van der Waals surface area contributed by atoms with E-state index in [1.807, 2.05) is 30.3 Å². The molecule has 1 amide bonds. The Morgan fingerprint density at radius 1 is 1.03 bits per heavy atom. The lowest BCUT2D eigenvalue weighted by molar-refractivity contribution is 0.0734. The Bertz CT molecular complexity index is 1320. The van der Waals surface area contributed by atoms with Crippen molar-refractivity contribution < 1.29 is 4.79 Å². The first-order valence-electron chi connectivity index (χ1n) is 10.5. The van der Waals surface area contributed by atoms with Crippen molar-refractivity contribution in [2.24, 2.45) is 5.73 Å². The Morgan fingerprint density at radius 2 is 1.74 bits per heavy atom. The summed E-state index contributed by atoms with van der Waals surface area (Å²) < 4.78 is 3.04. The minimum atomic E-state index is -0.267. The summed E-state index contributed by atoms with van der Waals surface area (Å²) in [5.74, 6) is 0.259. The fourth-order valence-corrected chi connectivity index (χ4v) is 3.98. The van der Waals surface area contributed by atoms with E-state index in [0.717, 1.165) is 5.56 Å². The van der Waals surface area contributed by atoms with E-state index in [4.69, 9.17) is 28.9 Å². The van der Waals surface area contributed by atoms with Crippen molar-refractivity contribution in [2.45, 2.75) is 19.5 Å². The molecule has 4 rings (SSSR count). The first-order chi connectivity index (χ1) is 16.0. The number of hydrogen-bond acceptors (Lipinski definition) is 4. The van der Waals surface area contributed by atoms with Crippen LogP contribution in [-0.2, 0) is 13.1 Å². The quantitative estimate of drug-likeness (QED) is 0.376. The van der Waals surface area contributed by atoms with E-state index < -0.39 is 0 Å². The molecule has 0 atom stereocenters. The van der Waals surface area contributed by atoms with Crippen LogP contribution in [-0.4, -0.2) is 38.1 Å². The molecule has 2 aromatic carbocycles. The van der Waals surface area contributed by atoms with Crippen LogP contribution in [0.15, 0.2) is 71.7 Å². The molecule has 0 saturated carbocycles. The Hall–Kier alpha value is -2.84. The van der Waals surface area contributed by atoms with Gasteiger partial charge in [0.15, 0.2) is 5.82 Å². The van der Waals surface area contributed by atoms with Crippen molar-refractivity contribution in [1.29, 1.82) is 0 Å². The second-order valence-electron chi connectivity index (χ2n) is 7.63. The maximum absolute atomic E-state index is 13.4. The molecule has 2 N–H and O–H groups in total. The number of carbonyl (C=O) groups is 1. The van der Waals surface area contributed by atoms with Crippen LogP contribution in [0.2, 0.25) is 10.0 Å². The molecule has 0 saturated heterocycles. The van der Waals surface area contributed by atoms with Crippen molar-refractivity contribution in [3.63, 3.8) is 0 Å². The van der Waals surface area contributed by atoms with Crippen LogP contribution in [0.25, 0.3) is 5.52 Å². The van der Waals surface area contributed by atoms with Gasteiger partial charge in [-0.15, -0.1) is 12.4 Å². The zero-order valence-corrected chi connectivity index (χ0v) is 20.6. The van der Waals surface area contributed by atoms with E-state index in [1.165, 1.54) is 4.52 Å². The van der Waals surface area contributed by atoms with Crippen molar-refractivity contribution in [1.82, 2.24) is 19.1 Å². The second kappa shape index (κ2) is 11.5. The Labute approximate surface area is 213 Å². The largest absolute Gasteiger partial charge is 0.331 e.